The van der Waals surface area contributed by atoms with E-state index in [0.29, 0.717) is 17.1 Å². The fourth-order valence-corrected chi connectivity index (χ4v) is 2.35. The molecule has 0 radical (unpaired) electrons. The molecule has 0 bridgehead atoms. The highest BCUT2D eigenvalue weighted by atomic mass is 16.6. The van der Waals surface area contributed by atoms with E-state index in [9.17, 15) is 14.9 Å². The number of ether oxygens (including phenoxy) is 1. The van der Waals surface area contributed by atoms with Crippen molar-refractivity contribution in [2.75, 3.05) is 7.11 Å². The summed E-state index contributed by atoms with van der Waals surface area (Å²) in [5.74, 6) is 0.917. The van der Waals surface area contributed by atoms with Crippen LogP contribution in [0.3, 0.4) is 0 Å². The fourth-order valence-electron chi connectivity index (χ4n) is 2.35. The molecule has 0 fully saturated rings. The number of methoxy groups -OCH3 is 1. The van der Waals surface area contributed by atoms with Crippen LogP contribution in [0.5, 0.6) is 5.75 Å². The summed E-state index contributed by atoms with van der Waals surface area (Å²) in [6.07, 6.45) is 3.76. The zero-order chi connectivity index (χ0) is 18.6. The number of nitro benzene ring substituents is 1. The van der Waals surface area contributed by atoms with Gasteiger partial charge in [-0.15, -0.1) is 0 Å². The van der Waals surface area contributed by atoms with E-state index in [-0.39, 0.29) is 5.69 Å². The molecule has 6 heteroatoms. The normalized spacial score (nSPS) is 12.2. The molecule has 0 N–H and O–H groups in total. The molecular formula is C19H19NO5. The Balaban J connectivity index is 2.30. The highest BCUT2D eigenvalue weighted by Crippen LogP contribution is 2.22. The Kier molecular flexibility index (Phi) is 5.54. The molecule has 0 saturated heterocycles. The topological polar surface area (TPSA) is 82.6 Å². The van der Waals surface area contributed by atoms with Crippen LogP contribution in [-0.4, -0.2) is 12.0 Å². The Bertz CT molecular complexity index is 904. The van der Waals surface area contributed by atoms with Crippen molar-refractivity contribution in [1.29, 1.82) is 0 Å². The van der Waals surface area contributed by atoms with Crippen LogP contribution in [0.15, 0.2) is 51.2 Å². The first-order valence-electron chi connectivity index (χ1n) is 7.62. The minimum atomic E-state index is -0.433. The second-order valence-electron chi connectivity index (χ2n) is 5.66. The summed E-state index contributed by atoms with van der Waals surface area (Å²) >= 11 is 0. The Labute approximate surface area is 145 Å². The van der Waals surface area contributed by atoms with Gasteiger partial charge in [-0.1, -0.05) is 17.7 Å². The number of hydrogen-bond donors (Lipinski definition) is 0. The zero-order valence-electron chi connectivity index (χ0n) is 14.5. The molecule has 1 aromatic carbocycles. The summed E-state index contributed by atoms with van der Waals surface area (Å²) in [5.41, 5.74) is 2.57. The number of rotatable bonds is 5. The van der Waals surface area contributed by atoms with Crippen molar-refractivity contribution in [1.82, 2.24) is 0 Å². The Morgan fingerprint density at radius 1 is 1.24 bits per heavy atom. The summed E-state index contributed by atoms with van der Waals surface area (Å²) in [7, 11) is 1.50. The molecule has 0 atom stereocenters. The average molecular weight is 341 g/mol. The standard InChI is InChI=1S/C19H19NO5/c1-12(10-15-5-7-16(8-6-15)20(22)23)9-13(2)17-11-18(24-4)14(3)19(21)25-17/h5-11H,1-4H3/b12-10+,13-9-. The maximum absolute atomic E-state index is 11.8. The molecular weight excluding hydrogens is 322 g/mol. The predicted octanol–water partition coefficient (Wildman–Crippen LogP) is 4.37. The number of non-ortho nitro benzene ring substituents is 1. The summed E-state index contributed by atoms with van der Waals surface area (Å²) in [5, 5.41) is 10.7. The van der Waals surface area contributed by atoms with Gasteiger partial charge in [0.25, 0.3) is 5.69 Å². The van der Waals surface area contributed by atoms with Crippen LogP contribution in [0, 0.1) is 17.0 Å². The third-order valence-electron chi connectivity index (χ3n) is 3.69. The molecule has 0 unspecified atom stereocenters. The third-order valence-corrected chi connectivity index (χ3v) is 3.69. The van der Waals surface area contributed by atoms with Crippen molar-refractivity contribution in [3.05, 3.63) is 79.4 Å². The van der Waals surface area contributed by atoms with Crippen LogP contribution in [-0.2, 0) is 0 Å². The molecule has 0 aliphatic rings. The first kappa shape index (κ1) is 18.2. The highest BCUT2D eigenvalue weighted by molar-refractivity contribution is 5.67. The molecule has 1 aromatic heterocycles. The lowest BCUT2D eigenvalue weighted by Gasteiger charge is -2.06. The zero-order valence-corrected chi connectivity index (χ0v) is 14.5. The number of nitrogens with zero attached hydrogens (tertiary/aromatic N) is 1. The second-order valence-corrected chi connectivity index (χ2v) is 5.66. The summed E-state index contributed by atoms with van der Waals surface area (Å²) in [4.78, 5) is 22.1. The van der Waals surface area contributed by atoms with Crippen molar-refractivity contribution in [3.63, 3.8) is 0 Å². The molecule has 0 aliphatic heterocycles. The molecule has 1 heterocycles. The quantitative estimate of drug-likeness (QED) is 0.458. The van der Waals surface area contributed by atoms with Gasteiger partial charge in [-0.25, -0.2) is 4.79 Å². The minimum absolute atomic E-state index is 0.0510. The van der Waals surface area contributed by atoms with Crippen molar-refractivity contribution < 1.29 is 14.1 Å². The molecule has 0 aliphatic carbocycles. The van der Waals surface area contributed by atoms with Gasteiger partial charge in [0, 0.05) is 18.2 Å². The fraction of sp³-hybridized carbons (Fsp3) is 0.211. The Hall–Kier alpha value is -3.15. The van der Waals surface area contributed by atoms with E-state index in [1.54, 1.807) is 25.1 Å². The van der Waals surface area contributed by atoms with Crippen LogP contribution >= 0.6 is 0 Å². The summed E-state index contributed by atoms with van der Waals surface area (Å²) < 4.78 is 10.5. The van der Waals surface area contributed by atoms with Crippen LogP contribution in [0.25, 0.3) is 11.6 Å². The molecule has 0 amide bonds. The minimum Gasteiger partial charge on any atom is -0.496 e. The maximum atomic E-state index is 11.8. The maximum Gasteiger partial charge on any atom is 0.342 e. The van der Waals surface area contributed by atoms with E-state index >= 15 is 0 Å². The van der Waals surface area contributed by atoms with E-state index in [2.05, 4.69) is 0 Å². The molecule has 0 saturated carbocycles. The Morgan fingerprint density at radius 2 is 1.88 bits per heavy atom. The molecule has 25 heavy (non-hydrogen) atoms. The monoisotopic (exact) mass is 341 g/mol. The van der Waals surface area contributed by atoms with Crippen molar-refractivity contribution in [3.8, 4) is 5.75 Å². The summed E-state index contributed by atoms with van der Waals surface area (Å²) in [6.45, 7) is 5.38. The summed E-state index contributed by atoms with van der Waals surface area (Å²) in [6, 6.07) is 7.96. The average Bonchev–Trinajstić information content (AvgIpc) is 2.57. The lowest BCUT2D eigenvalue weighted by molar-refractivity contribution is -0.384. The van der Waals surface area contributed by atoms with E-state index in [1.807, 2.05) is 26.0 Å². The van der Waals surface area contributed by atoms with Gasteiger partial charge in [-0.3, -0.25) is 10.1 Å². The van der Waals surface area contributed by atoms with Gasteiger partial charge < -0.3 is 9.15 Å². The molecule has 0 spiro atoms. The van der Waals surface area contributed by atoms with Gasteiger partial charge in [0.2, 0.25) is 0 Å². The van der Waals surface area contributed by atoms with Gasteiger partial charge >= 0.3 is 5.63 Å². The predicted molar refractivity (Wildman–Crippen MR) is 96.7 cm³/mol. The number of benzene rings is 1. The Morgan fingerprint density at radius 3 is 2.44 bits per heavy atom. The lowest BCUT2D eigenvalue weighted by Crippen LogP contribution is -2.06. The number of hydrogen-bond acceptors (Lipinski definition) is 5. The second kappa shape index (κ2) is 7.61. The van der Waals surface area contributed by atoms with E-state index < -0.39 is 10.5 Å². The van der Waals surface area contributed by atoms with Crippen LogP contribution in [0.2, 0.25) is 0 Å². The number of allylic oxidation sites excluding steroid dienone is 3. The van der Waals surface area contributed by atoms with E-state index in [0.717, 1.165) is 16.7 Å². The lowest BCUT2D eigenvalue weighted by atomic mass is 10.1. The largest absolute Gasteiger partial charge is 0.496 e. The smallest absolute Gasteiger partial charge is 0.342 e. The van der Waals surface area contributed by atoms with Crippen LogP contribution in [0.4, 0.5) is 5.69 Å². The highest BCUT2D eigenvalue weighted by Gasteiger charge is 2.09. The molecule has 130 valence electrons. The van der Waals surface area contributed by atoms with Crippen molar-refractivity contribution in [2.45, 2.75) is 20.8 Å². The molecule has 2 aromatic rings. The van der Waals surface area contributed by atoms with Gasteiger partial charge in [0.05, 0.1) is 17.6 Å². The number of nitro groups is 1. The third kappa shape index (κ3) is 4.44. The van der Waals surface area contributed by atoms with E-state index in [4.69, 9.17) is 9.15 Å². The molecule has 6 nitrogen and oxygen atoms in total. The van der Waals surface area contributed by atoms with Gasteiger partial charge in [0.1, 0.15) is 11.5 Å². The van der Waals surface area contributed by atoms with Crippen LogP contribution in [0.1, 0.15) is 30.7 Å². The van der Waals surface area contributed by atoms with Crippen molar-refractivity contribution >= 4 is 17.3 Å². The first-order valence-corrected chi connectivity index (χ1v) is 7.62. The van der Waals surface area contributed by atoms with Gasteiger partial charge in [0.15, 0.2) is 0 Å². The van der Waals surface area contributed by atoms with Gasteiger partial charge in [-0.2, -0.15) is 0 Å². The SMILES string of the molecule is COc1cc(/C(C)=C\C(C)=C\c2ccc([N+](=O)[O-])cc2)oc(=O)c1C. The molecule has 2 rings (SSSR count). The van der Waals surface area contributed by atoms with Crippen LogP contribution < -0.4 is 10.4 Å². The first-order chi connectivity index (χ1) is 11.8. The van der Waals surface area contributed by atoms with E-state index in [1.165, 1.54) is 19.2 Å². The van der Waals surface area contributed by atoms with Gasteiger partial charge in [-0.05, 0) is 44.0 Å². The van der Waals surface area contributed by atoms with Crippen molar-refractivity contribution in [2.24, 2.45) is 0 Å².